The standard InChI is InChI=1S/C16H33ClO4/c1-2-3-4-5-6-7-9-18-11-13-20-15-16-21-14-12-19-10-8-17/h2-16H2,1H3. The molecule has 0 spiro atoms. The minimum atomic E-state index is 0.530. The van der Waals surface area contributed by atoms with Crippen LogP contribution in [-0.4, -0.2) is 58.7 Å². The van der Waals surface area contributed by atoms with E-state index in [4.69, 9.17) is 30.5 Å². The van der Waals surface area contributed by atoms with Crippen LogP contribution in [0.5, 0.6) is 0 Å². The first-order chi connectivity index (χ1) is 10.4. The van der Waals surface area contributed by atoms with Crippen molar-refractivity contribution in [3.63, 3.8) is 0 Å². The number of halogens is 1. The molecule has 0 unspecified atom stereocenters. The SMILES string of the molecule is CCCCCCCCOCCOCCOCCOCCCl. The summed E-state index contributed by atoms with van der Waals surface area (Å²) in [4.78, 5) is 0. The van der Waals surface area contributed by atoms with Crippen molar-refractivity contribution in [3.8, 4) is 0 Å². The van der Waals surface area contributed by atoms with Crippen LogP contribution in [0.4, 0.5) is 0 Å². The Hall–Kier alpha value is 0.130. The highest BCUT2D eigenvalue weighted by Gasteiger charge is 1.93. The Morgan fingerprint density at radius 1 is 0.524 bits per heavy atom. The summed E-state index contributed by atoms with van der Waals surface area (Å²) < 4.78 is 21.4. The first-order valence-electron chi connectivity index (χ1n) is 8.28. The summed E-state index contributed by atoms with van der Waals surface area (Å²) in [5, 5.41) is 0. The van der Waals surface area contributed by atoms with Crippen LogP contribution in [0.2, 0.25) is 0 Å². The Kier molecular flexibility index (Phi) is 20.3. The van der Waals surface area contributed by atoms with Crippen LogP contribution in [0.25, 0.3) is 0 Å². The molecule has 128 valence electrons. The van der Waals surface area contributed by atoms with E-state index in [1.807, 2.05) is 0 Å². The summed E-state index contributed by atoms with van der Waals surface area (Å²) in [6.45, 7) is 7.38. The predicted octanol–water partition coefficient (Wildman–Crippen LogP) is 3.65. The Bertz CT molecular complexity index is 164. The van der Waals surface area contributed by atoms with Crippen molar-refractivity contribution < 1.29 is 18.9 Å². The van der Waals surface area contributed by atoms with E-state index in [0.717, 1.165) is 13.0 Å². The van der Waals surface area contributed by atoms with Crippen LogP contribution in [0, 0.1) is 0 Å². The Morgan fingerprint density at radius 3 is 1.48 bits per heavy atom. The zero-order chi connectivity index (χ0) is 15.4. The molecular weight excluding hydrogens is 292 g/mol. The highest BCUT2D eigenvalue weighted by molar-refractivity contribution is 6.17. The quantitative estimate of drug-likeness (QED) is 0.285. The van der Waals surface area contributed by atoms with Crippen LogP contribution in [-0.2, 0) is 18.9 Å². The first kappa shape index (κ1) is 21.1. The van der Waals surface area contributed by atoms with Crippen LogP contribution < -0.4 is 0 Å². The van der Waals surface area contributed by atoms with Crippen molar-refractivity contribution in [3.05, 3.63) is 0 Å². The summed E-state index contributed by atoms with van der Waals surface area (Å²) in [6.07, 6.45) is 7.79. The van der Waals surface area contributed by atoms with Crippen LogP contribution >= 0.6 is 11.6 Å². The molecule has 21 heavy (non-hydrogen) atoms. The number of unbranched alkanes of at least 4 members (excludes halogenated alkanes) is 5. The van der Waals surface area contributed by atoms with Crippen LogP contribution in [0.1, 0.15) is 45.4 Å². The Labute approximate surface area is 135 Å². The van der Waals surface area contributed by atoms with Gasteiger partial charge < -0.3 is 18.9 Å². The predicted molar refractivity (Wildman–Crippen MR) is 87.4 cm³/mol. The molecule has 0 aromatic rings. The lowest BCUT2D eigenvalue weighted by atomic mass is 10.1. The molecule has 0 atom stereocenters. The maximum atomic E-state index is 5.51. The lowest BCUT2D eigenvalue weighted by Gasteiger charge is -2.07. The molecule has 0 aromatic heterocycles. The van der Waals surface area contributed by atoms with Gasteiger partial charge >= 0.3 is 0 Å². The van der Waals surface area contributed by atoms with Gasteiger partial charge in [-0.1, -0.05) is 39.0 Å². The number of hydrogen-bond acceptors (Lipinski definition) is 4. The van der Waals surface area contributed by atoms with E-state index in [1.54, 1.807) is 0 Å². The monoisotopic (exact) mass is 324 g/mol. The average Bonchev–Trinajstić information content (AvgIpc) is 2.50. The fourth-order valence-corrected chi connectivity index (χ4v) is 1.91. The smallest absolute Gasteiger partial charge is 0.0701 e. The second-order valence-corrected chi connectivity index (χ2v) is 5.28. The van der Waals surface area contributed by atoms with Crippen LogP contribution in [0.15, 0.2) is 0 Å². The molecule has 4 nitrogen and oxygen atoms in total. The lowest BCUT2D eigenvalue weighted by Crippen LogP contribution is -2.12. The fraction of sp³-hybridized carbons (Fsp3) is 1.00. The summed E-state index contributed by atoms with van der Waals surface area (Å²) in [7, 11) is 0. The normalized spacial score (nSPS) is 11.1. The molecule has 0 aliphatic carbocycles. The molecule has 0 aliphatic rings. The van der Waals surface area contributed by atoms with Crippen molar-refractivity contribution in [2.24, 2.45) is 0 Å². The third kappa shape index (κ3) is 20.1. The van der Waals surface area contributed by atoms with Gasteiger partial charge in [0.1, 0.15) is 0 Å². The largest absolute Gasteiger partial charge is 0.379 e. The second-order valence-electron chi connectivity index (χ2n) is 4.91. The number of ether oxygens (including phenoxy) is 4. The molecule has 0 saturated heterocycles. The van der Waals surface area contributed by atoms with Crippen molar-refractivity contribution in [2.75, 3.05) is 58.7 Å². The van der Waals surface area contributed by atoms with Gasteiger partial charge in [-0.3, -0.25) is 0 Å². The third-order valence-corrected chi connectivity index (χ3v) is 3.13. The van der Waals surface area contributed by atoms with Gasteiger partial charge in [0.15, 0.2) is 0 Å². The van der Waals surface area contributed by atoms with Crippen LogP contribution in [0.3, 0.4) is 0 Å². The maximum Gasteiger partial charge on any atom is 0.0701 e. The van der Waals surface area contributed by atoms with E-state index in [1.165, 1.54) is 32.1 Å². The molecule has 0 N–H and O–H groups in total. The minimum Gasteiger partial charge on any atom is -0.379 e. The summed E-state index contributed by atoms with van der Waals surface area (Å²) in [5.41, 5.74) is 0. The van der Waals surface area contributed by atoms with Gasteiger partial charge in [-0.05, 0) is 6.42 Å². The van der Waals surface area contributed by atoms with Gasteiger partial charge in [0.2, 0.25) is 0 Å². The van der Waals surface area contributed by atoms with E-state index < -0.39 is 0 Å². The van der Waals surface area contributed by atoms with Crippen molar-refractivity contribution in [2.45, 2.75) is 45.4 Å². The number of rotatable bonds is 18. The molecule has 0 radical (unpaired) electrons. The highest BCUT2D eigenvalue weighted by atomic mass is 35.5. The van der Waals surface area contributed by atoms with Gasteiger partial charge in [-0.2, -0.15) is 0 Å². The molecule has 0 rings (SSSR count). The zero-order valence-corrected chi connectivity index (χ0v) is 14.4. The molecule has 0 fully saturated rings. The Balaban J connectivity index is 2.90. The highest BCUT2D eigenvalue weighted by Crippen LogP contribution is 2.04. The van der Waals surface area contributed by atoms with E-state index in [9.17, 15) is 0 Å². The fourth-order valence-electron chi connectivity index (χ4n) is 1.80. The number of hydrogen-bond donors (Lipinski definition) is 0. The molecule has 0 amide bonds. The molecule has 5 heteroatoms. The third-order valence-electron chi connectivity index (χ3n) is 2.98. The summed E-state index contributed by atoms with van der Waals surface area (Å²) in [5.74, 6) is 0.530. The lowest BCUT2D eigenvalue weighted by molar-refractivity contribution is -0.000661. The number of alkyl halides is 1. The van der Waals surface area contributed by atoms with Crippen molar-refractivity contribution in [1.29, 1.82) is 0 Å². The average molecular weight is 325 g/mol. The van der Waals surface area contributed by atoms with Gasteiger partial charge in [-0.25, -0.2) is 0 Å². The molecule has 0 saturated carbocycles. The van der Waals surface area contributed by atoms with E-state index in [-0.39, 0.29) is 0 Å². The van der Waals surface area contributed by atoms with Gasteiger partial charge in [0.05, 0.1) is 46.2 Å². The zero-order valence-electron chi connectivity index (χ0n) is 13.6. The van der Waals surface area contributed by atoms with Gasteiger partial charge in [0, 0.05) is 12.5 Å². The molecule has 0 aliphatic heterocycles. The van der Waals surface area contributed by atoms with Crippen molar-refractivity contribution >= 4 is 11.6 Å². The van der Waals surface area contributed by atoms with Gasteiger partial charge in [0.25, 0.3) is 0 Å². The first-order valence-corrected chi connectivity index (χ1v) is 8.82. The van der Waals surface area contributed by atoms with Gasteiger partial charge in [-0.15, -0.1) is 11.6 Å². The maximum absolute atomic E-state index is 5.51. The topological polar surface area (TPSA) is 36.9 Å². The molecule has 0 bridgehead atoms. The molecule has 0 aromatic carbocycles. The summed E-state index contributed by atoms with van der Waals surface area (Å²) in [6, 6.07) is 0. The minimum absolute atomic E-state index is 0.530. The van der Waals surface area contributed by atoms with E-state index in [0.29, 0.717) is 52.1 Å². The Morgan fingerprint density at radius 2 is 0.952 bits per heavy atom. The van der Waals surface area contributed by atoms with E-state index >= 15 is 0 Å². The molecule has 0 heterocycles. The summed E-state index contributed by atoms with van der Waals surface area (Å²) >= 11 is 5.47. The molecular formula is C16H33ClO4. The van der Waals surface area contributed by atoms with E-state index in [2.05, 4.69) is 6.92 Å². The second kappa shape index (κ2) is 20.1. The van der Waals surface area contributed by atoms with Crippen molar-refractivity contribution in [1.82, 2.24) is 0 Å².